The third kappa shape index (κ3) is 7.41. The van der Waals surface area contributed by atoms with Crippen LogP contribution in [-0.2, 0) is 11.8 Å². The summed E-state index contributed by atoms with van der Waals surface area (Å²) >= 11 is 0. The standard InChI is InChI=1S/C34H40N6O3/c1-22-9-11-28(12-10-22)40-30(21-29(38-40)34(3,4)5)37-33(43)36-27-8-6-7-25(19-27)18-24-13-15-39(16-14-24)32(42)26-17-23(2)35-31(41)20-26/h6-12,17,19-21,24H,13-16,18H2,1-5H3,(H,35,41)(H2,36,37,43). The molecule has 0 atom stereocenters. The van der Waals surface area contributed by atoms with E-state index in [2.05, 4.69) is 42.5 Å². The number of benzene rings is 2. The first-order valence-electron chi connectivity index (χ1n) is 14.8. The molecule has 0 aliphatic carbocycles. The van der Waals surface area contributed by atoms with E-state index in [1.807, 2.05) is 60.4 Å². The van der Waals surface area contributed by atoms with Gasteiger partial charge in [0.25, 0.3) is 5.91 Å². The SMILES string of the molecule is Cc1ccc(-n2nc(C(C)(C)C)cc2NC(=O)Nc2cccc(CC3CCN(C(=O)c4cc(C)nc(O)c4)CC3)c2)cc1. The maximum Gasteiger partial charge on any atom is 0.324 e. The normalized spacial score (nSPS) is 14.0. The average molecular weight is 581 g/mol. The average Bonchev–Trinajstić information content (AvgIpc) is 3.37. The number of nitrogens with zero attached hydrogens (tertiary/aromatic N) is 4. The molecule has 4 aromatic rings. The van der Waals surface area contributed by atoms with E-state index in [1.165, 1.54) is 6.07 Å². The van der Waals surface area contributed by atoms with Gasteiger partial charge in [-0.05, 0) is 74.9 Å². The van der Waals surface area contributed by atoms with E-state index in [0.29, 0.717) is 41.8 Å². The number of aromatic hydroxyl groups is 1. The number of hydrogen-bond donors (Lipinski definition) is 3. The van der Waals surface area contributed by atoms with Crippen molar-refractivity contribution in [2.75, 3.05) is 23.7 Å². The third-order valence-electron chi connectivity index (χ3n) is 7.80. The van der Waals surface area contributed by atoms with Gasteiger partial charge in [-0.3, -0.25) is 10.1 Å². The van der Waals surface area contributed by atoms with Crippen molar-refractivity contribution in [1.29, 1.82) is 0 Å². The molecular formula is C34H40N6O3. The maximum atomic E-state index is 13.1. The number of amides is 3. The Morgan fingerprint density at radius 3 is 2.35 bits per heavy atom. The van der Waals surface area contributed by atoms with Crippen molar-refractivity contribution in [3.05, 3.63) is 94.8 Å². The van der Waals surface area contributed by atoms with Crippen LogP contribution in [0, 0.1) is 19.8 Å². The van der Waals surface area contributed by atoms with Crippen molar-refractivity contribution in [2.24, 2.45) is 5.92 Å². The molecule has 0 unspecified atom stereocenters. The van der Waals surface area contributed by atoms with Crippen LogP contribution < -0.4 is 10.6 Å². The van der Waals surface area contributed by atoms with Gasteiger partial charge >= 0.3 is 6.03 Å². The zero-order valence-corrected chi connectivity index (χ0v) is 25.5. The summed E-state index contributed by atoms with van der Waals surface area (Å²) in [5.41, 5.74) is 5.67. The van der Waals surface area contributed by atoms with Crippen LogP contribution in [0.3, 0.4) is 0 Å². The largest absolute Gasteiger partial charge is 0.493 e. The van der Waals surface area contributed by atoms with Crippen molar-refractivity contribution in [2.45, 2.75) is 59.3 Å². The van der Waals surface area contributed by atoms with Gasteiger partial charge < -0.3 is 15.3 Å². The van der Waals surface area contributed by atoms with Gasteiger partial charge in [-0.15, -0.1) is 0 Å². The fourth-order valence-electron chi connectivity index (χ4n) is 5.40. The lowest BCUT2D eigenvalue weighted by atomic mass is 9.90. The first-order chi connectivity index (χ1) is 20.4. The molecule has 3 amide bonds. The Bertz CT molecular complexity index is 1590. The zero-order valence-electron chi connectivity index (χ0n) is 25.5. The highest BCUT2D eigenvalue weighted by Crippen LogP contribution is 2.28. The molecule has 9 nitrogen and oxygen atoms in total. The number of hydrogen-bond acceptors (Lipinski definition) is 5. The van der Waals surface area contributed by atoms with Crippen molar-refractivity contribution >= 4 is 23.4 Å². The van der Waals surface area contributed by atoms with Crippen molar-refractivity contribution in [3.8, 4) is 11.6 Å². The van der Waals surface area contributed by atoms with Gasteiger partial charge in [0.2, 0.25) is 5.88 Å². The van der Waals surface area contributed by atoms with Crippen LogP contribution in [0.2, 0.25) is 0 Å². The molecule has 0 saturated carbocycles. The molecule has 1 aliphatic rings. The van der Waals surface area contributed by atoms with Crippen LogP contribution >= 0.6 is 0 Å². The number of rotatable bonds is 6. The highest BCUT2D eigenvalue weighted by Gasteiger charge is 2.25. The minimum Gasteiger partial charge on any atom is -0.493 e. The predicted molar refractivity (Wildman–Crippen MR) is 169 cm³/mol. The van der Waals surface area contributed by atoms with E-state index in [-0.39, 0.29) is 23.2 Å². The van der Waals surface area contributed by atoms with Gasteiger partial charge in [-0.2, -0.15) is 5.10 Å². The predicted octanol–water partition coefficient (Wildman–Crippen LogP) is 6.63. The van der Waals surface area contributed by atoms with Gasteiger partial charge in [0.05, 0.1) is 11.4 Å². The van der Waals surface area contributed by atoms with Gasteiger partial charge in [0, 0.05) is 47.6 Å². The lowest BCUT2D eigenvalue weighted by Crippen LogP contribution is -2.39. The van der Waals surface area contributed by atoms with Gasteiger partial charge in [-0.25, -0.2) is 14.5 Å². The summed E-state index contributed by atoms with van der Waals surface area (Å²) in [6.07, 6.45) is 2.64. The summed E-state index contributed by atoms with van der Waals surface area (Å²) in [6.45, 7) is 11.4. The Hall–Kier alpha value is -4.66. The van der Waals surface area contributed by atoms with Crippen LogP contribution in [0.4, 0.5) is 16.3 Å². The molecule has 3 heterocycles. The van der Waals surface area contributed by atoms with E-state index in [0.717, 1.165) is 41.8 Å². The van der Waals surface area contributed by atoms with Crippen molar-refractivity contribution in [1.82, 2.24) is 19.7 Å². The summed E-state index contributed by atoms with van der Waals surface area (Å²) in [7, 11) is 0. The smallest absolute Gasteiger partial charge is 0.324 e. The van der Waals surface area contributed by atoms with Crippen LogP contribution in [0.1, 0.15) is 66.5 Å². The molecule has 1 aliphatic heterocycles. The second kappa shape index (κ2) is 12.3. The minimum absolute atomic E-state index is 0.0743. The number of likely N-dealkylation sites (tertiary alicyclic amines) is 1. The summed E-state index contributed by atoms with van der Waals surface area (Å²) in [6, 6.07) is 20.7. The summed E-state index contributed by atoms with van der Waals surface area (Å²) < 4.78 is 1.77. The van der Waals surface area contributed by atoms with E-state index >= 15 is 0 Å². The molecule has 0 bridgehead atoms. The highest BCUT2D eigenvalue weighted by molar-refractivity contribution is 5.99. The molecule has 3 N–H and O–H groups in total. The molecule has 0 spiro atoms. The topological polar surface area (TPSA) is 112 Å². The number of pyridine rings is 1. The second-order valence-corrected chi connectivity index (χ2v) is 12.5. The van der Waals surface area contributed by atoms with Gasteiger partial charge in [0.1, 0.15) is 5.82 Å². The lowest BCUT2D eigenvalue weighted by Gasteiger charge is -2.32. The Labute approximate surface area is 253 Å². The first kappa shape index (κ1) is 29.8. The van der Waals surface area contributed by atoms with E-state index in [4.69, 9.17) is 5.10 Å². The number of carbonyl (C=O) groups excluding carboxylic acids is 2. The van der Waals surface area contributed by atoms with Crippen molar-refractivity contribution in [3.63, 3.8) is 0 Å². The number of aromatic nitrogens is 3. The molecule has 2 aromatic carbocycles. The van der Waals surface area contributed by atoms with Crippen LogP contribution in [0.25, 0.3) is 5.69 Å². The highest BCUT2D eigenvalue weighted by atomic mass is 16.3. The molecule has 1 fully saturated rings. The van der Waals surface area contributed by atoms with Crippen LogP contribution in [0.15, 0.2) is 66.7 Å². The first-order valence-corrected chi connectivity index (χ1v) is 14.8. The minimum atomic E-state index is -0.338. The number of carbonyl (C=O) groups is 2. The van der Waals surface area contributed by atoms with E-state index in [1.54, 1.807) is 17.7 Å². The summed E-state index contributed by atoms with van der Waals surface area (Å²) in [5.74, 6) is 0.822. The number of nitrogens with one attached hydrogen (secondary N) is 2. The van der Waals surface area contributed by atoms with Crippen molar-refractivity contribution < 1.29 is 14.7 Å². The maximum absolute atomic E-state index is 13.1. The molecule has 1 saturated heterocycles. The zero-order chi connectivity index (χ0) is 30.7. The molecule has 9 heteroatoms. The Balaban J connectivity index is 1.20. The molecule has 0 radical (unpaired) electrons. The summed E-state index contributed by atoms with van der Waals surface area (Å²) in [4.78, 5) is 31.9. The Kier molecular flexibility index (Phi) is 8.52. The lowest BCUT2D eigenvalue weighted by molar-refractivity contribution is 0.0690. The number of urea groups is 1. The number of aryl methyl sites for hydroxylation is 2. The monoisotopic (exact) mass is 580 g/mol. The number of anilines is 2. The van der Waals surface area contributed by atoms with Crippen LogP contribution in [0.5, 0.6) is 5.88 Å². The second-order valence-electron chi connectivity index (χ2n) is 12.5. The van der Waals surface area contributed by atoms with E-state index in [9.17, 15) is 14.7 Å². The van der Waals surface area contributed by atoms with E-state index < -0.39 is 0 Å². The Morgan fingerprint density at radius 2 is 1.67 bits per heavy atom. The third-order valence-corrected chi connectivity index (χ3v) is 7.80. The quantitative estimate of drug-likeness (QED) is 0.237. The fraction of sp³-hybridized carbons (Fsp3) is 0.353. The fourth-order valence-corrected chi connectivity index (χ4v) is 5.40. The number of piperidine rings is 1. The molecule has 5 rings (SSSR count). The van der Waals surface area contributed by atoms with Crippen LogP contribution in [-0.4, -0.2) is 49.8 Å². The molecule has 43 heavy (non-hydrogen) atoms. The Morgan fingerprint density at radius 1 is 0.953 bits per heavy atom. The van der Waals surface area contributed by atoms with Gasteiger partial charge in [0.15, 0.2) is 0 Å². The molecule has 2 aromatic heterocycles. The molecule has 224 valence electrons. The molecular weight excluding hydrogens is 540 g/mol. The van der Waals surface area contributed by atoms with Gasteiger partial charge in [-0.1, -0.05) is 50.6 Å². The summed E-state index contributed by atoms with van der Waals surface area (Å²) in [5, 5.41) is 20.6.